The van der Waals surface area contributed by atoms with Crippen LogP contribution in [0.3, 0.4) is 0 Å². The van der Waals surface area contributed by atoms with E-state index in [-0.39, 0.29) is 0 Å². The Balaban J connectivity index is 2.33. The summed E-state index contributed by atoms with van der Waals surface area (Å²) in [6.45, 7) is 0.536. The summed E-state index contributed by atoms with van der Waals surface area (Å²) in [6.07, 6.45) is 0.709. The molecule has 0 bridgehead atoms. The predicted octanol–water partition coefficient (Wildman–Crippen LogP) is 4.94. The Labute approximate surface area is 127 Å². The minimum absolute atomic E-state index is 0.518. The summed E-state index contributed by atoms with van der Waals surface area (Å²) < 4.78 is 5.80. The molecule has 0 heterocycles. The lowest BCUT2D eigenvalue weighted by atomic mass is 10.1. The molecule has 0 saturated carbocycles. The highest BCUT2D eigenvalue weighted by molar-refractivity contribution is 6.34. The van der Waals surface area contributed by atoms with Crippen LogP contribution in [0.25, 0.3) is 0 Å². The minimum atomic E-state index is 0.518. The number of halogens is 3. The molecule has 0 unspecified atom stereocenters. The summed E-state index contributed by atoms with van der Waals surface area (Å²) in [4.78, 5) is 0. The van der Waals surface area contributed by atoms with Gasteiger partial charge in [0.15, 0.2) is 0 Å². The van der Waals surface area contributed by atoms with Gasteiger partial charge in [-0.3, -0.25) is 0 Å². The number of ether oxygens (including phenoxy) is 1. The van der Waals surface area contributed by atoms with Gasteiger partial charge in [0.1, 0.15) is 11.5 Å². The minimum Gasteiger partial charge on any atom is -0.457 e. The molecule has 5 heteroatoms. The molecule has 0 saturated heterocycles. The highest BCUT2D eigenvalue weighted by Crippen LogP contribution is 2.32. The fraction of sp³-hybridized carbons (Fsp3) is 0.143. The third kappa shape index (κ3) is 4.02. The van der Waals surface area contributed by atoms with Gasteiger partial charge in [-0.05, 0) is 48.9 Å². The molecule has 2 aromatic carbocycles. The van der Waals surface area contributed by atoms with E-state index in [1.165, 1.54) is 0 Å². The van der Waals surface area contributed by atoms with Gasteiger partial charge in [0.25, 0.3) is 0 Å². The molecular weight excluding hydrogens is 305 g/mol. The zero-order chi connectivity index (χ0) is 13.8. The molecule has 0 atom stereocenters. The molecule has 0 aliphatic carbocycles. The van der Waals surface area contributed by atoms with Gasteiger partial charge in [-0.15, -0.1) is 0 Å². The van der Waals surface area contributed by atoms with Crippen molar-refractivity contribution in [3.05, 3.63) is 57.0 Å². The van der Waals surface area contributed by atoms with Gasteiger partial charge in [-0.1, -0.05) is 40.9 Å². The number of nitrogens with two attached hydrogens (primary N) is 1. The van der Waals surface area contributed by atoms with Gasteiger partial charge in [0.05, 0.1) is 0 Å². The molecular formula is C14H12Cl3NO. The molecule has 0 aliphatic rings. The maximum atomic E-state index is 5.98. The SMILES string of the molecule is NCCc1ccc(Cl)cc1Oc1cc(Cl)cc(Cl)c1. The van der Waals surface area contributed by atoms with Crippen LogP contribution in [0.5, 0.6) is 11.5 Å². The van der Waals surface area contributed by atoms with Crippen LogP contribution in [0.1, 0.15) is 5.56 Å². The monoisotopic (exact) mass is 315 g/mol. The summed E-state index contributed by atoms with van der Waals surface area (Å²) in [5.74, 6) is 1.23. The normalized spacial score (nSPS) is 10.5. The van der Waals surface area contributed by atoms with E-state index in [1.54, 1.807) is 24.3 Å². The van der Waals surface area contributed by atoms with Crippen molar-refractivity contribution >= 4 is 34.8 Å². The van der Waals surface area contributed by atoms with E-state index in [0.29, 0.717) is 39.5 Å². The predicted molar refractivity (Wildman–Crippen MR) is 80.7 cm³/mol. The first-order valence-electron chi connectivity index (χ1n) is 5.71. The van der Waals surface area contributed by atoms with Gasteiger partial charge in [-0.25, -0.2) is 0 Å². The molecule has 0 aromatic heterocycles. The van der Waals surface area contributed by atoms with E-state index in [9.17, 15) is 0 Å². The first-order chi connectivity index (χ1) is 9.08. The quantitative estimate of drug-likeness (QED) is 0.867. The lowest BCUT2D eigenvalue weighted by Gasteiger charge is -2.11. The van der Waals surface area contributed by atoms with Crippen LogP contribution in [0, 0.1) is 0 Å². The fourth-order valence-corrected chi connectivity index (χ4v) is 2.37. The molecule has 2 nitrogen and oxygen atoms in total. The highest BCUT2D eigenvalue weighted by Gasteiger charge is 2.07. The fourth-order valence-electron chi connectivity index (χ4n) is 1.70. The molecule has 0 amide bonds. The zero-order valence-corrected chi connectivity index (χ0v) is 12.3. The van der Waals surface area contributed by atoms with Crippen molar-refractivity contribution in [1.82, 2.24) is 0 Å². The van der Waals surface area contributed by atoms with E-state index in [0.717, 1.165) is 5.56 Å². The molecule has 0 radical (unpaired) electrons. The van der Waals surface area contributed by atoms with Crippen molar-refractivity contribution in [3.63, 3.8) is 0 Å². The maximum absolute atomic E-state index is 5.98. The van der Waals surface area contributed by atoms with Crippen LogP contribution in [-0.4, -0.2) is 6.54 Å². The molecule has 2 rings (SSSR count). The van der Waals surface area contributed by atoms with Gasteiger partial charge >= 0.3 is 0 Å². The van der Waals surface area contributed by atoms with E-state index < -0.39 is 0 Å². The largest absolute Gasteiger partial charge is 0.457 e. The van der Waals surface area contributed by atoms with Crippen molar-refractivity contribution in [2.24, 2.45) is 5.73 Å². The zero-order valence-electron chi connectivity index (χ0n) is 10.00. The van der Waals surface area contributed by atoms with Crippen LogP contribution in [-0.2, 0) is 6.42 Å². The van der Waals surface area contributed by atoms with Crippen LogP contribution in [0.15, 0.2) is 36.4 Å². The summed E-state index contributed by atoms with van der Waals surface area (Å²) in [7, 11) is 0. The van der Waals surface area contributed by atoms with Crippen LogP contribution in [0.4, 0.5) is 0 Å². The van der Waals surface area contributed by atoms with Crippen LogP contribution >= 0.6 is 34.8 Å². The molecule has 100 valence electrons. The van der Waals surface area contributed by atoms with Crippen molar-refractivity contribution in [3.8, 4) is 11.5 Å². The van der Waals surface area contributed by atoms with Gasteiger partial charge < -0.3 is 10.5 Å². The molecule has 2 N–H and O–H groups in total. The van der Waals surface area contributed by atoms with Crippen molar-refractivity contribution in [2.75, 3.05) is 6.54 Å². The topological polar surface area (TPSA) is 35.2 Å². The van der Waals surface area contributed by atoms with Crippen molar-refractivity contribution in [2.45, 2.75) is 6.42 Å². The third-order valence-corrected chi connectivity index (χ3v) is 3.18. The first-order valence-corrected chi connectivity index (χ1v) is 6.84. The smallest absolute Gasteiger partial charge is 0.132 e. The van der Waals surface area contributed by atoms with Gasteiger partial charge in [0.2, 0.25) is 0 Å². The first kappa shape index (κ1) is 14.5. The Kier molecular flexibility index (Phi) is 4.94. The lowest BCUT2D eigenvalue weighted by molar-refractivity contribution is 0.476. The summed E-state index contributed by atoms with van der Waals surface area (Å²) in [6, 6.07) is 10.5. The highest BCUT2D eigenvalue weighted by atomic mass is 35.5. The van der Waals surface area contributed by atoms with Gasteiger partial charge in [-0.2, -0.15) is 0 Å². The van der Waals surface area contributed by atoms with Crippen LogP contribution < -0.4 is 10.5 Å². The number of hydrogen-bond donors (Lipinski definition) is 1. The Hall–Kier alpha value is -0.930. The van der Waals surface area contributed by atoms with E-state index in [4.69, 9.17) is 45.3 Å². The lowest BCUT2D eigenvalue weighted by Crippen LogP contribution is -2.04. The third-order valence-electron chi connectivity index (χ3n) is 2.51. The molecule has 0 spiro atoms. The molecule has 0 aliphatic heterocycles. The number of benzene rings is 2. The Morgan fingerprint density at radius 1 is 0.895 bits per heavy atom. The number of rotatable bonds is 4. The summed E-state index contributed by atoms with van der Waals surface area (Å²) >= 11 is 17.9. The second kappa shape index (κ2) is 6.49. The Morgan fingerprint density at radius 2 is 1.58 bits per heavy atom. The van der Waals surface area contributed by atoms with E-state index >= 15 is 0 Å². The maximum Gasteiger partial charge on any atom is 0.132 e. The second-order valence-electron chi connectivity index (χ2n) is 4.00. The molecule has 2 aromatic rings. The van der Waals surface area contributed by atoms with Crippen LogP contribution in [0.2, 0.25) is 15.1 Å². The standard InChI is InChI=1S/C14H12Cl3NO/c15-10-2-1-9(3-4-18)14(8-10)19-13-6-11(16)5-12(17)7-13/h1-2,5-8H,3-4,18H2. The molecule has 0 fully saturated rings. The van der Waals surface area contributed by atoms with Crippen molar-refractivity contribution < 1.29 is 4.74 Å². The Morgan fingerprint density at radius 3 is 2.21 bits per heavy atom. The molecule has 19 heavy (non-hydrogen) atoms. The van der Waals surface area contributed by atoms with Crippen molar-refractivity contribution in [1.29, 1.82) is 0 Å². The summed E-state index contributed by atoms with van der Waals surface area (Å²) in [5, 5.41) is 1.64. The average molecular weight is 317 g/mol. The van der Waals surface area contributed by atoms with E-state index in [2.05, 4.69) is 0 Å². The second-order valence-corrected chi connectivity index (χ2v) is 5.31. The number of hydrogen-bond acceptors (Lipinski definition) is 2. The van der Waals surface area contributed by atoms with E-state index in [1.807, 2.05) is 12.1 Å². The average Bonchev–Trinajstić information content (AvgIpc) is 2.31. The Bertz CT molecular complexity index is 567. The van der Waals surface area contributed by atoms with Gasteiger partial charge in [0, 0.05) is 15.1 Å². The summed E-state index contributed by atoms with van der Waals surface area (Å²) in [5.41, 5.74) is 6.57.